The Labute approximate surface area is 164 Å². The Morgan fingerprint density at radius 3 is 2.44 bits per heavy atom. The molecule has 2 fully saturated rings. The number of carbonyl (C=O) groups is 3. The zero-order valence-electron chi connectivity index (χ0n) is 14.1. The zero-order valence-corrected chi connectivity index (χ0v) is 15.7. The zero-order chi connectivity index (χ0) is 18.7. The molecule has 5 nitrogen and oxygen atoms in total. The van der Waals surface area contributed by atoms with E-state index in [1.807, 2.05) is 5.38 Å². The van der Waals surface area contributed by atoms with Crippen LogP contribution in [-0.2, 0) is 9.59 Å². The van der Waals surface area contributed by atoms with E-state index in [9.17, 15) is 14.4 Å². The lowest BCUT2D eigenvalue weighted by Gasteiger charge is -2.18. The number of fused-ring (bicyclic) bond motifs is 5. The van der Waals surface area contributed by atoms with Gasteiger partial charge in [-0.3, -0.25) is 14.4 Å². The van der Waals surface area contributed by atoms with Crippen molar-refractivity contribution in [2.24, 2.45) is 23.7 Å². The predicted molar refractivity (Wildman–Crippen MR) is 104 cm³/mol. The molecule has 2 bridgehead atoms. The van der Waals surface area contributed by atoms with Gasteiger partial charge in [0.25, 0.3) is 5.91 Å². The Hall–Kier alpha value is -2.44. The number of carbonyl (C=O) groups excluding carboxylic acids is 3. The van der Waals surface area contributed by atoms with E-state index < -0.39 is 0 Å². The molecule has 1 aromatic carbocycles. The molecule has 0 radical (unpaired) electrons. The van der Waals surface area contributed by atoms with Crippen LogP contribution in [0.25, 0.3) is 0 Å². The van der Waals surface area contributed by atoms with Crippen molar-refractivity contribution in [3.63, 3.8) is 0 Å². The third-order valence-electron chi connectivity index (χ3n) is 5.67. The van der Waals surface area contributed by atoms with Crippen LogP contribution >= 0.6 is 22.9 Å². The Morgan fingerprint density at radius 1 is 1.11 bits per heavy atom. The number of thiophene rings is 1. The summed E-state index contributed by atoms with van der Waals surface area (Å²) in [5.74, 6) is -0.778. The molecule has 3 aliphatic rings. The van der Waals surface area contributed by atoms with E-state index in [-0.39, 0.29) is 41.4 Å². The lowest BCUT2D eigenvalue weighted by Crippen LogP contribution is -2.32. The number of imide groups is 1. The van der Waals surface area contributed by atoms with Gasteiger partial charge in [-0.15, -0.1) is 11.3 Å². The van der Waals surface area contributed by atoms with Crippen LogP contribution in [0.5, 0.6) is 0 Å². The van der Waals surface area contributed by atoms with Crippen LogP contribution in [0.15, 0.2) is 47.9 Å². The normalized spacial score (nSPS) is 28.1. The first-order valence-corrected chi connectivity index (χ1v) is 10.0. The van der Waals surface area contributed by atoms with Gasteiger partial charge in [-0.2, -0.15) is 0 Å². The van der Waals surface area contributed by atoms with E-state index >= 15 is 0 Å². The molecule has 27 heavy (non-hydrogen) atoms. The molecule has 5 rings (SSSR count). The molecule has 136 valence electrons. The second-order valence-electron chi connectivity index (χ2n) is 7.11. The number of halogens is 1. The minimum absolute atomic E-state index is 0.153. The van der Waals surface area contributed by atoms with Gasteiger partial charge in [0.1, 0.15) is 0 Å². The standard InChI is InChI=1S/C20H15ClN2O3S/c21-13-6-5-12(9-14(13)22-18(24)15-2-1-7-27-15)23-19(25)16-10-3-4-11(8-10)17(16)20(23)26/h1-7,9-11,16-17H,8H2,(H,22,24)/t10-,11-,16-,17+/m0/s1. The molecule has 3 amide bonds. The van der Waals surface area contributed by atoms with Crippen molar-refractivity contribution in [1.82, 2.24) is 0 Å². The fraction of sp³-hybridized carbons (Fsp3) is 0.250. The maximum atomic E-state index is 12.9. The summed E-state index contributed by atoms with van der Waals surface area (Å²) < 4.78 is 0. The van der Waals surface area contributed by atoms with Crippen LogP contribution in [0.2, 0.25) is 5.02 Å². The van der Waals surface area contributed by atoms with Gasteiger partial charge in [0.2, 0.25) is 11.8 Å². The first-order valence-electron chi connectivity index (χ1n) is 8.75. The number of allylic oxidation sites excluding steroid dienone is 2. The Kier molecular flexibility index (Phi) is 3.74. The summed E-state index contributed by atoms with van der Waals surface area (Å²) >= 11 is 7.55. The van der Waals surface area contributed by atoms with Crippen molar-refractivity contribution >= 4 is 52.0 Å². The van der Waals surface area contributed by atoms with Gasteiger partial charge in [-0.05, 0) is 47.9 Å². The minimum atomic E-state index is -0.276. The molecule has 1 N–H and O–H groups in total. The summed E-state index contributed by atoms with van der Waals surface area (Å²) in [4.78, 5) is 40.0. The lowest BCUT2D eigenvalue weighted by molar-refractivity contribution is -0.123. The van der Waals surface area contributed by atoms with Gasteiger partial charge in [0.05, 0.1) is 33.1 Å². The van der Waals surface area contributed by atoms with Crippen LogP contribution < -0.4 is 10.2 Å². The molecular formula is C20H15ClN2O3S. The highest BCUT2D eigenvalue weighted by Gasteiger charge is 2.59. The molecule has 2 aromatic rings. The van der Waals surface area contributed by atoms with Gasteiger partial charge in [-0.1, -0.05) is 29.8 Å². The summed E-state index contributed by atoms with van der Waals surface area (Å²) in [6.45, 7) is 0. The van der Waals surface area contributed by atoms with Crippen molar-refractivity contribution in [3.8, 4) is 0 Å². The van der Waals surface area contributed by atoms with Crippen molar-refractivity contribution in [2.45, 2.75) is 6.42 Å². The molecule has 1 saturated carbocycles. The number of hydrogen-bond acceptors (Lipinski definition) is 4. The Bertz CT molecular complexity index is 971. The maximum Gasteiger partial charge on any atom is 0.265 e. The quantitative estimate of drug-likeness (QED) is 0.628. The number of nitrogens with zero attached hydrogens (tertiary/aromatic N) is 1. The molecule has 4 atom stereocenters. The van der Waals surface area contributed by atoms with Crippen molar-refractivity contribution < 1.29 is 14.4 Å². The molecule has 2 aliphatic carbocycles. The van der Waals surface area contributed by atoms with Crippen LogP contribution in [0.3, 0.4) is 0 Å². The molecule has 7 heteroatoms. The van der Waals surface area contributed by atoms with E-state index in [0.29, 0.717) is 21.3 Å². The van der Waals surface area contributed by atoms with E-state index in [1.54, 1.807) is 30.3 Å². The van der Waals surface area contributed by atoms with Gasteiger partial charge in [0.15, 0.2) is 0 Å². The van der Waals surface area contributed by atoms with E-state index in [1.165, 1.54) is 16.2 Å². The SMILES string of the molecule is O=C(Nc1cc(N2C(=O)[C@@H]3[C@H](C2=O)[C@H]2C=C[C@H]3C2)ccc1Cl)c1cccs1. The highest BCUT2D eigenvalue weighted by atomic mass is 35.5. The van der Waals surface area contributed by atoms with Gasteiger partial charge < -0.3 is 5.32 Å². The van der Waals surface area contributed by atoms with E-state index in [2.05, 4.69) is 17.5 Å². The molecule has 2 heterocycles. The monoisotopic (exact) mass is 398 g/mol. The largest absolute Gasteiger partial charge is 0.320 e. The second kappa shape index (κ2) is 6.04. The molecule has 0 spiro atoms. The van der Waals surface area contributed by atoms with Crippen molar-refractivity contribution in [1.29, 1.82) is 0 Å². The number of anilines is 2. The van der Waals surface area contributed by atoms with Gasteiger partial charge in [0, 0.05) is 0 Å². The molecule has 1 aromatic heterocycles. The van der Waals surface area contributed by atoms with E-state index in [0.717, 1.165) is 6.42 Å². The third kappa shape index (κ3) is 2.47. The van der Waals surface area contributed by atoms with Gasteiger partial charge >= 0.3 is 0 Å². The number of hydrogen-bond donors (Lipinski definition) is 1. The first kappa shape index (κ1) is 16.7. The van der Waals surface area contributed by atoms with Crippen LogP contribution in [0.1, 0.15) is 16.1 Å². The summed E-state index contributed by atoms with van der Waals surface area (Å²) in [7, 11) is 0. The number of benzene rings is 1. The van der Waals surface area contributed by atoms with Crippen molar-refractivity contribution in [2.75, 3.05) is 10.2 Å². The summed E-state index contributed by atoms with van der Waals surface area (Å²) in [6, 6.07) is 8.35. The maximum absolute atomic E-state index is 12.9. The highest BCUT2D eigenvalue weighted by Crippen LogP contribution is 2.53. The third-order valence-corrected chi connectivity index (χ3v) is 6.87. The van der Waals surface area contributed by atoms with Crippen molar-refractivity contribution in [3.05, 3.63) is 57.8 Å². The minimum Gasteiger partial charge on any atom is -0.320 e. The number of rotatable bonds is 3. The molecule has 0 unspecified atom stereocenters. The number of nitrogens with one attached hydrogen (secondary N) is 1. The second-order valence-corrected chi connectivity index (χ2v) is 8.46. The van der Waals surface area contributed by atoms with E-state index in [4.69, 9.17) is 11.6 Å². The molecule has 1 saturated heterocycles. The van der Waals surface area contributed by atoms with Crippen LogP contribution in [-0.4, -0.2) is 17.7 Å². The van der Waals surface area contributed by atoms with Gasteiger partial charge in [-0.25, -0.2) is 4.90 Å². The number of amides is 3. The average molecular weight is 399 g/mol. The summed E-state index contributed by atoms with van der Waals surface area (Å²) in [5, 5.41) is 4.93. The smallest absolute Gasteiger partial charge is 0.265 e. The Morgan fingerprint density at radius 2 is 1.81 bits per heavy atom. The molecule has 1 aliphatic heterocycles. The lowest BCUT2D eigenvalue weighted by atomic mass is 9.85. The first-order chi connectivity index (χ1) is 13.0. The van der Waals surface area contributed by atoms with Crippen LogP contribution in [0.4, 0.5) is 11.4 Å². The summed E-state index contributed by atoms with van der Waals surface area (Å²) in [5.41, 5.74) is 0.830. The fourth-order valence-corrected chi connectivity index (χ4v) is 5.28. The highest BCUT2D eigenvalue weighted by molar-refractivity contribution is 7.12. The predicted octanol–water partition coefficient (Wildman–Crippen LogP) is 3.97. The Balaban J connectivity index is 1.45. The fourth-order valence-electron chi connectivity index (χ4n) is 4.50. The topological polar surface area (TPSA) is 66.5 Å². The summed E-state index contributed by atoms with van der Waals surface area (Å²) in [6.07, 6.45) is 5.02. The average Bonchev–Trinajstić information content (AvgIpc) is 3.42. The molecular weight excluding hydrogens is 384 g/mol. The van der Waals surface area contributed by atoms with Crippen LogP contribution in [0, 0.1) is 23.7 Å².